The first-order valence-electron chi connectivity index (χ1n) is 22.9. The lowest BCUT2D eigenvalue weighted by molar-refractivity contribution is 0.664. The van der Waals surface area contributed by atoms with E-state index in [1.807, 2.05) is 11.3 Å². The summed E-state index contributed by atoms with van der Waals surface area (Å²) in [7, 11) is 0. The van der Waals surface area contributed by atoms with Crippen LogP contribution >= 0.6 is 11.3 Å². The average molecular weight is 876 g/mol. The van der Waals surface area contributed by atoms with Gasteiger partial charge in [0.15, 0.2) is 0 Å². The van der Waals surface area contributed by atoms with Crippen LogP contribution in [0.2, 0.25) is 0 Å². The molecular formula is C63H45N3S. The molecule has 318 valence electrons. The summed E-state index contributed by atoms with van der Waals surface area (Å²) >= 11 is 1.87. The highest BCUT2D eigenvalue weighted by molar-refractivity contribution is 7.26. The van der Waals surface area contributed by atoms with Gasteiger partial charge in [-0.2, -0.15) is 0 Å². The number of nitrogens with zero attached hydrogens (tertiary/aromatic N) is 1. The van der Waals surface area contributed by atoms with Crippen LogP contribution in [0.15, 0.2) is 254 Å². The Balaban J connectivity index is 0.965. The third-order valence-electron chi connectivity index (χ3n) is 13.0. The van der Waals surface area contributed by atoms with Crippen molar-refractivity contribution < 1.29 is 0 Å². The zero-order valence-corrected chi connectivity index (χ0v) is 37.5. The Kier molecular flexibility index (Phi) is 10.6. The van der Waals surface area contributed by atoms with E-state index >= 15 is 0 Å². The smallest absolute Gasteiger partial charge is 0.145 e. The van der Waals surface area contributed by atoms with Gasteiger partial charge in [-0.05, 0) is 78.9 Å². The van der Waals surface area contributed by atoms with Crippen molar-refractivity contribution in [2.24, 2.45) is 4.99 Å². The molecule has 9 aromatic carbocycles. The zero-order valence-electron chi connectivity index (χ0n) is 36.7. The Morgan fingerprint density at radius 2 is 0.910 bits per heavy atom. The van der Waals surface area contributed by atoms with Crippen LogP contribution in [0, 0.1) is 0 Å². The number of fused-ring (bicyclic) bond motifs is 3. The molecule has 2 aliphatic rings. The fourth-order valence-corrected chi connectivity index (χ4v) is 11.0. The molecule has 0 radical (unpaired) electrons. The third-order valence-corrected chi connectivity index (χ3v) is 14.2. The van der Waals surface area contributed by atoms with Crippen molar-refractivity contribution >= 4 is 65.3 Å². The molecule has 0 saturated heterocycles. The van der Waals surface area contributed by atoms with E-state index in [1.54, 1.807) is 0 Å². The number of allylic oxidation sites excluding steroid dienone is 3. The first-order chi connectivity index (χ1) is 33.2. The summed E-state index contributed by atoms with van der Waals surface area (Å²) in [6.45, 7) is 0. The minimum absolute atomic E-state index is 0.115. The topological polar surface area (TPSA) is 36.4 Å². The van der Waals surface area contributed by atoms with Crippen molar-refractivity contribution in [2.45, 2.75) is 12.2 Å². The van der Waals surface area contributed by atoms with Gasteiger partial charge in [0.2, 0.25) is 0 Å². The van der Waals surface area contributed by atoms with Crippen LogP contribution in [0.1, 0.15) is 56.7 Å². The average Bonchev–Trinajstić information content (AvgIpc) is 3.81. The van der Waals surface area contributed by atoms with Gasteiger partial charge in [-0.15, -0.1) is 11.3 Å². The first kappa shape index (κ1) is 40.2. The summed E-state index contributed by atoms with van der Waals surface area (Å²) in [6.07, 6.45) is 1.88. The minimum atomic E-state index is -0.312. The number of nitrogens with one attached hydrogen (secondary N) is 2. The molecule has 12 rings (SSSR count). The lowest BCUT2D eigenvalue weighted by Gasteiger charge is -2.36. The normalized spacial score (nSPS) is 16.1. The van der Waals surface area contributed by atoms with Gasteiger partial charge in [0.05, 0.1) is 17.5 Å². The number of hydrogen-bond donors (Lipinski definition) is 2. The lowest BCUT2D eigenvalue weighted by atomic mass is 9.77. The van der Waals surface area contributed by atoms with Crippen molar-refractivity contribution in [2.75, 3.05) is 0 Å². The van der Waals surface area contributed by atoms with E-state index in [-0.39, 0.29) is 12.2 Å². The molecule has 3 heterocycles. The van der Waals surface area contributed by atoms with Gasteiger partial charge in [-0.25, -0.2) is 0 Å². The summed E-state index contributed by atoms with van der Waals surface area (Å²) in [5, 5.41) is 10.6. The van der Waals surface area contributed by atoms with Crippen LogP contribution in [-0.2, 0) is 0 Å². The van der Waals surface area contributed by atoms with Gasteiger partial charge in [0, 0.05) is 31.4 Å². The van der Waals surface area contributed by atoms with Gasteiger partial charge >= 0.3 is 0 Å². The highest BCUT2D eigenvalue weighted by Crippen LogP contribution is 2.50. The Bertz CT molecular complexity index is 3520. The van der Waals surface area contributed by atoms with E-state index in [1.165, 1.54) is 59.1 Å². The number of hydrogen-bond acceptors (Lipinski definition) is 4. The largest absolute Gasteiger partial charge is 0.373 e. The van der Waals surface area contributed by atoms with Crippen molar-refractivity contribution in [1.29, 1.82) is 0 Å². The lowest BCUT2D eigenvalue weighted by Crippen LogP contribution is -2.27. The van der Waals surface area contributed by atoms with Gasteiger partial charge in [0.1, 0.15) is 6.17 Å². The van der Waals surface area contributed by atoms with Gasteiger partial charge in [-0.3, -0.25) is 4.99 Å². The monoisotopic (exact) mass is 875 g/mol. The zero-order chi connectivity index (χ0) is 44.5. The van der Waals surface area contributed by atoms with Crippen molar-refractivity contribution in [3.8, 4) is 11.1 Å². The minimum Gasteiger partial charge on any atom is -0.373 e. The van der Waals surface area contributed by atoms with E-state index in [4.69, 9.17) is 4.99 Å². The quantitative estimate of drug-likeness (QED) is 0.152. The number of dihydropyridines is 1. The van der Waals surface area contributed by atoms with Crippen molar-refractivity contribution in [1.82, 2.24) is 10.6 Å². The molecule has 2 N–H and O–H groups in total. The molecular weight excluding hydrogens is 831 g/mol. The fraction of sp³-hybridized carbons (Fsp3) is 0.0317. The van der Waals surface area contributed by atoms with Gasteiger partial charge in [-0.1, -0.05) is 237 Å². The molecule has 2 atom stereocenters. The third kappa shape index (κ3) is 7.67. The first-order valence-corrected chi connectivity index (χ1v) is 23.7. The summed E-state index contributed by atoms with van der Waals surface area (Å²) in [4.78, 5) is 5.39. The number of benzene rings is 9. The van der Waals surface area contributed by atoms with Crippen molar-refractivity contribution in [3.05, 3.63) is 293 Å². The van der Waals surface area contributed by atoms with Crippen LogP contribution in [0.5, 0.6) is 0 Å². The maximum absolute atomic E-state index is 5.39. The maximum atomic E-state index is 5.39. The standard InChI is InChI=1S/C63H45N3S/c1-6-19-43(20-7-1)54-41-55(44-35-33-42(34-36-44)51-30-18-31-53-52-29-16-17-32-56(52)67-62(51)53)65-63(64-54)50-39-37-47(38-40-50)57-58(45-21-8-2-9-22-45)60(48-25-12-4-13-26-48)66-61(49-27-14-5-15-28-49)59(57)46-23-10-3-11-24-46/h1-41,60,63,65-66H. The molecule has 2 unspecified atom stereocenters. The second-order valence-corrected chi connectivity index (χ2v) is 18.1. The van der Waals surface area contributed by atoms with Gasteiger partial charge in [0.25, 0.3) is 0 Å². The Morgan fingerprint density at radius 3 is 1.60 bits per heavy atom. The molecule has 0 saturated carbocycles. The Morgan fingerprint density at radius 1 is 0.373 bits per heavy atom. The van der Waals surface area contributed by atoms with Crippen molar-refractivity contribution in [3.63, 3.8) is 0 Å². The van der Waals surface area contributed by atoms with Crippen LogP contribution in [0.25, 0.3) is 59.4 Å². The number of aliphatic imine (C=N–C) groups is 1. The predicted octanol–water partition coefficient (Wildman–Crippen LogP) is 15.7. The molecule has 10 aromatic rings. The maximum Gasteiger partial charge on any atom is 0.145 e. The highest BCUT2D eigenvalue weighted by atomic mass is 32.1. The highest BCUT2D eigenvalue weighted by Gasteiger charge is 2.33. The molecule has 67 heavy (non-hydrogen) atoms. The van der Waals surface area contributed by atoms with E-state index in [2.05, 4.69) is 259 Å². The van der Waals surface area contributed by atoms with E-state index < -0.39 is 0 Å². The Labute approximate surface area is 395 Å². The summed E-state index contributed by atoms with van der Waals surface area (Å²) in [5.41, 5.74) is 18.3. The predicted molar refractivity (Wildman–Crippen MR) is 283 cm³/mol. The SMILES string of the molecule is C1=C(c2ccc(-c3cccc4c3sc3ccccc34)cc2)NC(c2ccc(C3=C(c4ccccc4)C(c4ccccc4)NC(c4ccccc4)=C3c3ccccc3)cc2)N=C1c1ccccc1. The molecule has 0 aliphatic carbocycles. The van der Waals surface area contributed by atoms with E-state index in [9.17, 15) is 0 Å². The Hall–Kier alpha value is -8.31. The van der Waals surface area contributed by atoms with Crippen LogP contribution < -0.4 is 10.6 Å². The number of rotatable bonds is 9. The molecule has 0 bridgehead atoms. The van der Waals surface area contributed by atoms with Crippen LogP contribution in [0.3, 0.4) is 0 Å². The summed E-state index contributed by atoms with van der Waals surface area (Å²) in [6, 6.07) is 87.2. The van der Waals surface area contributed by atoms with E-state index in [0.717, 1.165) is 50.5 Å². The summed E-state index contributed by atoms with van der Waals surface area (Å²) in [5.74, 6) is 0. The molecule has 0 spiro atoms. The molecule has 3 nitrogen and oxygen atoms in total. The molecule has 4 heteroatoms. The second kappa shape index (κ2) is 17.6. The summed E-state index contributed by atoms with van der Waals surface area (Å²) < 4.78 is 2.64. The molecule has 0 amide bonds. The number of thiophene rings is 1. The fourth-order valence-electron chi connectivity index (χ4n) is 9.80. The van der Waals surface area contributed by atoms with Crippen LogP contribution in [-0.4, -0.2) is 5.71 Å². The second-order valence-electron chi connectivity index (χ2n) is 17.1. The van der Waals surface area contributed by atoms with Gasteiger partial charge < -0.3 is 10.6 Å². The molecule has 2 aliphatic heterocycles. The van der Waals surface area contributed by atoms with E-state index in [0.29, 0.717) is 0 Å². The van der Waals surface area contributed by atoms with Crippen LogP contribution in [0.4, 0.5) is 0 Å². The molecule has 0 fully saturated rings. The molecule has 1 aromatic heterocycles.